The average molecular weight is 527 g/mol. The second kappa shape index (κ2) is 11.5. The molecular formula is C22H34IN5O2. The van der Waals surface area contributed by atoms with Crippen LogP contribution in [0.2, 0.25) is 0 Å². The maximum Gasteiger partial charge on any atom is 0.227 e. The van der Waals surface area contributed by atoms with Crippen molar-refractivity contribution in [1.82, 2.24) is 15.5 Å². The first-order valence-corrected chi connectivity index (χ1v) is 10.7. The fourth-order valence-electron chi connectivity index (χ4n) is 3.83. The predicted molar refractivity (Wildman–Crippen MR) is 131 cm³/mol. The summed E-state index contributed by atoms with van der Waals surface area (Å²) in [5, 5.41) is 6.76. The molecule has 2 heterocycles. The molecule has 2 fully saturated rings. The van der Waals surface area contributed by atoms with E-state index in [0.717, 1.165) is 56.2 Å². The molecule has 2 amide bonds. The molecule has 1 unspecified atom stereocenters. The molecule has 0 bridgehead atoms. The van der Waals surface area contributed by atoms with E-state index in [2.05, 4.69) is 10.6 Å². The van der Waals surface area contributed by atoms with Gasteiger partial charge >= 0.3 is 0 Å². The van der Waals surface area contributed by atoms with E-state index in [9.17, 15) is 9.59 Å². The zero-order valence-electron chi connectivity index (χ0n) is 18.2. The number of carbonyl (C=O) groups excluding carboxylic acids is 2. The highest BCUT2D eigenvalue weighted by atomic mass is 127. The van der Waals surface area contributed by atoms with Crippen LogP contribution in [0.1, 0.15) is 45.6 Å². The van der Waals surface area contributed by atoms with Gasteiger partial charge in [-0.25, -0.2) is 4.99 Å². The minimum absolute atomic E-state index is 0. The van der Waals surface area contributed by atoms with E-state index < -0.39 is 0 Å². The Kier molecular flexibility index (Phi) is 9.38. The molecule has 1 atom stereocenters. The molecule has 0 aromatic heterocycles. The Morgan fingerprint density at radius 1 is 1.23 bits per heavy atom. The first kappa shape index (κ1) is 24.4. The topological polar surface area (TPSA) is 77.0 Å². The number of halogens is 1. The standard InChI is InChI=1S/C22H33N5O2.HI/c1-4-23-22(25-18-11-13-26(15-18)21(29)16(2)3)24-14-17-7-9-19(10-8-17)27-12-5-6-20(27)28;/h7-10,16,18H,4-6,11-15H2,1-3H3,(H2,23,24,25);1H. The van der Waals surface area contributed by atoms with Crippen molar-refractivity contribution in [3.8, 4) is 0 Å². The molecule has 1 aromatic carbocycles. The van der Waals surface area contributed by atoms with Crippen molar-refractivity contribution in [2.45, 2.75) is 52.6 Å². The second-order valence-electron chi connectivity index (χ2n) is 8.08. The predicted octanol–water partition coefficient (Wildman–Crippen LogP) is 2.74. The Balaban J connectivity index is 0.00000320. The van der Waals surface area contributed by atoms with Crippen molar-refractivity contribution in [2.24, 2.45) is 10.9 Å². The number of carbonyl (C=O) groups is 2. The molecule has 3 rings (SSSR count). The zero-order valence-corrected chi connectivity index (χ0v) is 20.5. The summed E-state index contributed by atoms with van der Waals surface area (Å²) in [6.45, 7) is 9.60. The lowest BCUT2D eigenvalue weighted by atomic mass is 10.2. The summed E-state index contributed by atoms with van der Waals surface area (Å²) in [4.78, 5) is 32.6. The molecule has 0 saturated carbocycles. The third-order valence-corrected chi connectivity index (χ3v) is 5.42. The van der Waals surface area contributed by atoms with Crippen molar-refractivity contribution in [1.29, 1.82) is 0 Å². The largest absolute Gasteiger partial charge is 0.357 e. The Morgan fingerprint density at radius 3 is 2.57 bits per heavy atom. The maximum absolute atomic E-state index is 12.2. The van der Waals surface area contributed by atoms with Crippen molar-refractivity contribution in [2.75, 3.05) is 31.1 Å². The average Bonchev–Trinajstić information content (AvgIpc) is 3.35. The number of hydrogen-bond acceptors (Lipinski definition) is 3. The van der Waals surface area contributed by atoms with Gasteiger partial charge in [-0.1, -0.05) is 26.0 Å². The van der Waals surface area contributed by atoms with E-state index >= 15 is 0 Å². The number of guanidine groups is 1. The zero-order chi connectivity index (χ0) is 20.8. The van der Waals surface area contributed by atoms with Crippen LogP contribution in [0.25, 0.3) is 0 Å². The number of benzene rings is 1. The number of amides is 2. The van der Waals surface area contributed by atoms with Crippen LogP contribution >= 0.6 is 24.0 Å². The molecule has 1 aromatic rings. The smallest absolute Gasteiger partial charge is 0.227 e. The highest BCUT2D eigenvalue weighted by Crippen LogP contribution is 2.21. The monoisotopic (exact) mass is 527 g/mol. The number of likely N-dealkylation sites (tertiary alicyclic amines) is 1. The molecule has 2 N–H and O–H groups in total. The second-order valence-corrected chi connectivity index (χ2v) is 8.08. The molecule has 7 nitrogen and oxygen atoms in total. The van der Waals surface area contributed by atoms with Crippen molar-refractivity contribution < 1.29 is 9.59 Å². The summed E-state index contributed by atoms with van der Waals surface area (Å²) in [5.41, 5.74) is 2.06. The molecule has 0 spiro atoms. The Bertz CT molecular complexity index is 750. The summed E-state index contributed by atoms with van der Waals surface area (Å²) in [5.74, 6) is 1.23. The van der Waals surface area contributed by atoms with Crippen LogP contribution in [0.15, 0.2) is 29.3 Å². The Labute approximate surface area is 196 Å². The van der Waals surface area contributed by atoms with Crippen molar-refractivity contribution in [3.63, 3.8) is 0 Å². The van der Waals surface area contributed by atoms with Gasteiger partial charge in [-0.2, -0.15) is 0 Å². The lowest BCUT2D eigenvalue weighted by molar-refractivity contribution is -0.133. The van der Waals surface area contributed by atoms with Crippen LogP contribution in [0.3, 0.4) is 0 Å². The van der Waals surface area contributed by atoms with E-state index in [4.69, 9.17) is 4.99 Å². The molecule has 8 heteroatoms. The fourth-order valence-corrected chi connectivity index (χ4v) is 3.83. The van der Waals surface area contributed by atoms with Gasteiger partial charge in [-0.15, -0.1) is 24.0 Å². The first-order valence-electron chi connectivity index (χ1n) is 10.7. The summed E-state index contributed by atoms with van der Waals surface area (Å²) < 4.78 is 0. The molecule has 2 aliphatic heterocycles. The number of anilines is 1. The Morgan fingerprint density at radius 2 is 1.97 bits per heavy atom. The number of aliphatic imine (C=N–C) groups is 1. The third kappa shape index (κ3) is 6.33. The van der Waals surface area contributed by atoms with E-state index in [1.165, 1.54) is 0 Å². The van der Waals surface area contributed by atoms with E-state index in [0.29, 0.717) is 13.0 Å². The van der Waals surface area contributed by atoms with Gasteiger partial charge in [0.25, 0.3) is 0 Å². The van der Waals surface area contributed by atoms with Gasteiger partial charge in [-0.3, -0.25) is 9.59 Å². The van der Waals surface area contributed by atoms with E-state index in [1.807, 2.05) is 54.8 Å². The van der Waals surface area contributed by atoms with Gasteiger partial charge in [0.2, 0.25) is 11.8 Å². The number of hydrogen-bond donors (Lipinski definition) is 2. The molecule has 166 valence electrons. The van der Waals surface area contributed by atoms with Crippen molar-refractivity contribution in [3.05, 3.63) is 29.8 Å². The van der Waals surface area contributed by atoms with E-state index in [-0.39, 0.29) is 47.8 Å². The lowest BCUT2D eigenvalue weighted by Crippen LogP contribution is -2.45. The molecule has 2 aliphatic rings. The number of nitrogens with zero attached hydrogens (tertiary/aromatic N) is 3. The number of rotatable bonds is 6. The van der Waals surface area contributed by atoms with Crippen LogP contribution in [0, 0.1) is 5.92 Å². The highest BCUT2D eigenvalue weighted by molar-refractivity contribution is 14.0. The lowest BCUT2D eigenvalue weighted by Gasteiger charge is -2.20. The summed E-state index contributed by atoms with van der Waals surface area (Å²) in [7, 11) is 0. The van der Waals surface area contributed by atoms with Crippen LogP contribution in [-0.2, 0) is 16.1 Å². The van der Waals surface area contributed by atoms with Crippen LogP contribution < -0.4 is 15.5 Å². The van der Waals surface area contributed by atoms with Crippen LogP contribution in [0.5, 0.6) is 0 Å². The van der Waals surface area contributed by atoms with Gasteiger partial charge < -0.3 is 20.4 Å². The van der Waals surface area contributed by atoms with Gasteiger partial charge in [0.05, 0.1) is 6.54 Å². The summed E-state index contributed by atoms with van der Waals surface area (Å²) in [6, 6.07) is 8.29. The van der Waals surface area contributed by atoms with Crippen molar-refractivity contribution >= 4 is 47.4 Å². The van der Waals surface area contributed by atoms with Gasteiger partial charge in [0.15, 0.2) is 5.96 Å². The van der Waals surface area contributed by atoms with Gasteiger partial charge in [0, 0.05) is 50.2 Å². The van der Waals surface area contributed by atoms with Gasteiger partial charge in [-0.05, 0) is 37.5 Å². The quantitative estimate of drug-likeness (QED) is 0.339. The molecular weight excluding hydrogens is 493 g/mol. The van der Waals surface area contributed by atoms with Gasteiger partial charge in [0.1, 0.15) is 0 Å². The summed E-state index contributed by atoms with van der Waals surface area (Å²) in [6.07, 6.45) is 2.51. The highest BCUT2D eigenvalue weighted by Gasteiger charge is 2.28. The first-order chi connectivity index (χ1) is 14.0. The molecule has 0 aliphatic carbocycles. The molecule has 0 radical (unpaired) electrons. The minimum Gasteiger partial charge on any atom is -0.357 e. The van der Waals surface area contributed by atoms with E-state index in [1.54, 1.807) is 0 Å². The van der Waals surface area contributed by atoms with Crippen LogP contribution in [0.4, 0.5) is 5.69 Å². The summed E-state index contributed by atoms with van der Waals surface area (Å²) >= 11 is 0. The number of nitrogens with one attached hydrogen (secondary N) is 2. The maximum atomic E-state index is 12.2. The molecule has 2 saturated heterocycles. The molecule has 30 heavy (non-hydrogen) atoms. The Hall–Kier alpha value is -1.84. The third-order valence-electron chi connectivity index (χ3n) is 5.42. The van der Waals surface area contributed by atoms with Crippen LogP contribution in [-0.4, -0.2) is 54.9 Å². The SMILES string of the molecule is CCNC(=NCc1ccc(N2CCCC2=O)cc1)NC1CCN(C(=O)C(C)C)C1.I. The normalized spacial score (nSPS) is 19.3. The minimum atomic E-state index is 0. The fraction of sp³-hybridized carbons (Fsp3) is 0.591.